The predicted molar refractivity (Wildman–Crippen MR) is 418 cm³/mol. The number of hydrogen-bond donors (Lipinski definition) is 5. The maximum Gasteiger partial charge on any atom is 1.00 e. The average molecular weight is 1610 g/mol. The van der Waals surface area contributed by atoms with Gasteiger partial charge in [0.2, 0.25) is 35.4 Å². The van der Waals surface area contributed by atoms with Gasteiger partial charge in [0.1, 0.15) is 30.0 Å². The van der Waals surface area contributed by atoms with Gasteiger partial charge in [-0.1, -0.05) is 18.6 Å². The molecule has 3 aromatic carbocycles. The molecule has 0 bridgehead atoms. The van der Waals surface area contributed by atoms with E-state index in [9.17, 15) is 57.5 Å². The standard InChI is InChI=1S/C22H30N6O3.C22H29N5O3.C14H13N3O4.C13H25N3O2.C5H9O2.ClH.K.Na.H2S/c1-25-19-12-15(14-26-8-10-27(11-9-26)16-6-7-23-13-16)2-3-17(19)28(22(25)31)18-4-5-20(29)24-21(18)30;1-4-15(2)26-11-9-25(10-12-26)14-16-5-6-17-19(13-16)24(3)22(30)27(17)18-7-8-20(28)23-21(18)29;1-16-11-6-8(7-18)2-3-9(11)17(14(16)21)10-4-5-12(19)15-13(10)20;1-13(2,3)18-12(17)16-7-4-11(10-16)15-8-5-14-6-9-15;1-5(2,3)7-4-6;;;;/h2-3,12,16,18,23H,4-11,13-14H2,1H3,(H,24,29,30);5-6,13,15,18H,1-2,4,7-12,14H2,3H3,(H,23,28,29);2-3,6-7,10H,4-5H2,1H3,(H,15,19,20);11,14H,4-10H2,1-3H3;1-3H3;1H;;;1H2/q;-2;;;-1;;2*+1;/p-1/t16-,18?;15-,18?;;11-;;;;;/m10.1...../s1. The van der Waals surface area contributed by atoms with Crippen molar-refractivity contribution in [2.75, 3.05) is 105 Å². The van der Waals surface area contributed by atoms with Crippen LogP contribution < -0.4 is 125 Å². The summed E-state index contributed by atoms with van der Waals surface area (Å²) in [5, 5.41) is 13.8. The number of amides is 7. The zero-order valence-electron chi connectivity index (χ0n) is 66.2. The maximum atomic E-state index is 12.9. The molecule has 3 aromatic heterocycles. The molecule has 5 N–H and O–H groups in total. The Morgan fingerprint density at radius 3 is 1.35 bits per heavy atom. The Labute approximate surface area is 725 Å². The summed E-state index contributed by atoms with van der Waals surface area (Å²) in [6.45, 7) is 38.6. The maximum absolute atomic E-state index is 12.9. The predicted octanol–water partition coefficient (Wildman–Crippen LogP) is -3.28. The Hall–Kier alpha value is -5.70. The quantitative estimate of drug-likeness (QED) is 0.0189. The molecule has 14 rings (SSSR count). The molecule has 0 radical (unpaired) electrons. The van der Waals surface area contributed by atoms with Gasteiger partial charge in [-0.25, -0.2) is 19.2 Å². The molecule has 0 saturated carbocycles. The van der Waals surface area contributed by atoms with Gasteiger partial charge in [0.05, 0.1) is 38.7 Å². The second-order valence-corrected chi connectivity index (χ2v) is 30.7. The number of piperidine rings is 3. The molecule has 11 heterocycles. The Bertz CT molecular complexity index is 4440. The van der Waals surface area contributed by atoms with Crippen LogP contribution in [0.1, 0.15) is 139 Å². The first kappa shape index (κ1) is 94.2. The second-order valence-electron chi connectivity index (χ2n) is 30.7. The van der Waals surface area contributed by atoms with E-state index in [4.69, 9.17) is 4.74 Å². The monoisotopic (exact) mass is 1610 g/mol. The van der Waals surface area contributed by atoms with Crippen LogP contribution in [-0.4, -0.2) is 245 Å². The Morgan fingerprint density at radius 1 is 0.550 bits per heavy atom. The van der Waals surface area contributed by atoms with Gasteiger partial charge in [-0.05, 0) is 134 Å². The fraction of sp³-hybridized carbons (Fsp3) is 0.579. The first-order valence-corrected chi connectivity index (χ1v) is 37.2. The minimum Gasteiger partial charge on any atom is -0.813 e. The molecule has 7 amide bonds. The van der Waals surface area contributed by atoms with Crippen molar-refractivity contribution in [1.82, 2.24) is 83.4 Å². The third-order valence-corrected chi connectivity index (χ3v) is 21.0. The van der Waals surface area contributed by atoms with E-state index in [2.05, 4.69) is 81.8 Å². The molecule has 8 aliphatic rings. The normalized spacial score (nSPS) is 21.8. The summed E-state index contributed by atoms with van der Waals surface area (Å²) in [4.78, 5) is 155. The largest absolute Gasteiger partial charge is 1.00 e. The molecular formula is C76H108ClKN17NaO14S-2. The summed E-state index contributed by atoms with van der Waals surface area (Å²) >= 11 is 0. The SMILES string of the molecule is CC(C)(C)OC(=O)N1CC[C@@H](N2CCNCC2)C1.CC(C)(C)O[C-]=O.Cl.Cn1c(=O)n(C2CCC(=O)NC2=O)c2ccc(C=O)cc21.Cn1c(=O)n(C2CCC(=O)NC2=O)c2ccc(CN3CCN([C@@H]4CCNC4)CC3)cc21.[CH2-]C[C@H]([CH2-])N1CCN(Cc2ccc3c(c2)n(C)c(=O)n3C2CCC(=O)NC2=O)CC1.[K+].[Na+].[SH-]. The summed E-state index contributed by atoms with van der Waals surface area (Å²) in [6, 6.07) is 16.3. The van der Waals surface area contributed by atoms with E-state index in [0.717, 1.165) is 158 Å². The van der Waals surface area contributed by atoms with Crippen LogP contribution in [0.4, 0.5) is 4.79 Å². The number of carbonyl (C=O) groups is 8. The third-order valence-electron chi connectivity index (χ3n) is 21.0. The number of piperazine rings is 3. The molecule has 8 fully saturated rings. The van der Waals surface area contributed by atoms with Crippen LogP contribution >= 0.6 is 12.4 Å². The van der Waals surface area contributed by atoms with Crippen LogP contribution in [-0.2, 0) is 90.8 Å². The van der Waals surface area contributed by atoms with Gasteiger partial charge in [-0.3, -0.25) is 96.5 Å². The number of likely N-dealkylation sites (tertiary alicyclic amines) is 1. The van der Waals surface area contributed by atoms with E-state index >= 15 is 0 Å². The summed E-state index contributed by atoms with van der Waals surface area (Å²) in [5.74, 6) is -2.17. The number of hydrogen-bond acceptors (Lipinski definition) is 22. The molecule has 8 aliphatic heterocycles. The van der Waals surface area contributed by atoms with Crippen molar-refractivity contribution in [3.8, 4) is 0 Å². The molecule has 6 atom stereocenters. The van der Waals surface area contributed by atoms with Gasteiger partial charge < -0.3 is 62.0 Å². The van der Waals surface area contributed by atoms with Crippen molar-refractivity contribution < 1.29 is 134 Å². The van der Waals surface area contributed by atoms with Crippen molar-refractivity contribution in [1.29, 1.82) is 0 Å². The zero-order valence-corrected chi connectivity index (χ0v) is 73.0. The van der Waals surface area contributed by atoms with Crippen LogP contribution in [0.15, 0.2) is 69.0 Å². The van der Waals surface area contributed by atoms with Gasteiger partial charge in [-0.15, -0.1) is 18.4 Å². The smallest absolute Gasteiger partial charge is 0.813 e. The Kier molecular flexibility index (Phi) is 35.8. The van der Waals surface area contributed by atoms with Crippen molar-refractivity contribution >= 4 is 113 Å². The first-order chi connectivity index (χ1) is 50.9. The van der Waals surface area contributed by atoms with E-state index in [0.29, 0.717) is 54.2 Å². The number of nitrogens with zero attached hydrogens (tertiary/aromatic N) is 12. The molecule has 111 heavy (non-hydrogen) atoms. The molecular weight excluding hydrogens is 1500 g/mol. The third kappa shape index (κ3) is 24.0. The van der Waals surface area contributed by atoms with Crippen molar-refractivity contribution in [2.45, 2.75) is 160 Å². The van der Waals surface area contributed by atoms with Crippen molar-refractivity contribution in [3.05, 3.63) is 117 Å². The van der Waals surface area contributed by atoms with Crippen molar-refractivity contribution in [3.63, 3.8) is 0 Å². The minimum absolute atomic E-state index is 0. The van der Waals surface area contributed by atoms with Crippen molar-refractivity contribution in [2.24, 2.45) is 21.1 Å². The average Bonchev–Trinajstić information content (AvgIpc) is 1.62. The molecule has 8 saturated heterocycles. The Balaban J connectivity index is 0.000000226. The number of rotatable bonds is 13. The van der Waals surface area contributed by atoms with E-state index < -0.39 is 41.4 Å². The van der Waals surface area contributed by atoms with Crippen LogP contribution in [0.5, 0.6) is 0 Å². The van der Waals surface area contributed by atoms with Crippen LogP contribution in [0.25, 0.3) is 33.1 Å². The molecule has 598 valence electrons. The number of imidazole rings is 3. The van der Waals surface area contributed by atoms with Crippen LogP contribution in [0.2, 0.25) is 0 Å². The second kappa shape index (κ2) is 42.2. The van der Waals surface area contributed by atoms with Gasteiger partial charge in [-0.2, -0.15) is 6.42 Å². The van der Waals surface area contributed by atoms with E-state index in [1.54, 1.807) is 69.2 Å². The number of thiol groups is 1. The van der Waals surface area contributed by atoms with E-state index in [1.165, 1.54) is 36.7 Å². The van der Waals surface area contributed by atoms with Gasteiger partial charge >= 0.3 is 104 Å². The number of aromatic nitrogens is 6. The number of nitrogens with one attached hydrogen (secondary N) is 5. The van der Waals surface area contributed by atoms with E-state index in [1.807, 2.05) is 49.9 Å². The number of benzene rings is 3. The molecule has 31 nitrogen and oxygen atoms in total. The van der Waals surface area contributed by atoms with Crippen LogP contribution in [0, 0.1) is 13.8 Å². The molecule has 35 heteroatoms. The number of aldehydes is 1. The zero-order chi connectivity index (χ0) is 77.2. The number of aryl methyl sites for hydroxylation is 3. The number of carbonyl (C=O) groups excluding carboxylic acids is 9. The fourth-order valence-corrected chi connectivity index (χ4v) is 15.1. The number of ether oxygens (including phenoxy) is 2. The van der Waals surface area contributed by atoms with E-state index in [-0.39, 0.29) is 179 Å². The van der Waals surface area contributed by atoms with Gasteiger partial charge in [0.25, 0.3) is 0 Å². The summed E-state index contributed by atoms with van der Waals surface area (Å²) in [5.41, 5.74) is 5.42. The van der Waals surface area contributed by atoms with Crippen LogP contribution in [0.3, 0.4) is 0 Å². The molecule has 0 spiro atoms. The number of fused-ring (bicyclic) bond motifs is 3. The number of halogens is 1. The fourth-order valence-electron chi connectivity index (χ4n) is 15.1. The van der Waals surface area contributed by atoms with Gasteiger partial charge in [0, 0.05) is 169 Å². The number of imide groups is 3. The summed E-state index contributed by atoms with van der Waals surface area (Å²) in [6.07, 6.45) is 5.34. The summed E-state index contributed by atoms with van der Waals surface area (Å²) in [7, 11) is 5.05. The van der Waals surface area contributed by atoms with Gasteiger partial charge in [0.15, 0.2) is 0 Å². The Morgan fingerprint density at radius 2 is 0.973 bits per heavy atom. The molecule has 6 aromatic rings. The summed E-state index contributed by atoms with van der Waals surface area (Å²) < 4.78 is 18.9. The topological polar surface area (TPSA) is 332 Å². The first-order valence-electron chi connectivity index (χ1n) is 37.2. The molecule has 3 unspecified atom stereocenters. The molecule has 0 aliphatic carbocycles. The minimum atomic E-state index is -0.707.